The highest BCUT2D eigenvalue weighted by molar-refractivity contribution is 5.94. The molecule has 4 rings (SSSR count). The quantitative estimate of drug-likeness (QED) is 0.578. The summed E-state index contributed by atoms with van der Waals surface area (Å²) in [4.78, 5) is 25.4. The van der Waals surface area contributed by atoms with Crippen molar-refractivity contribution in [3.05, 3.63) is 83.4 Å². The summed E-state index contributed by atoms with van der Waals surface area (Å²) in [7, 11) is 0. The third-order valence-electron chi connectivity index (χ3n) is 5.88. The Morgan fingerprint density at radius 1 is 0.968 bits per heavy atom. The van der Waals surface area contributed by atoms with Crippen molar-refractivity contribution in [3.8, 4) is 11.1 Å². The minimum Gasteiger partial charge on any atom is -0.478 e. The molecule has 0 saturated heterocycles. The second-order valence-electron chi connectivity index (χ2n) is 8.19. The van der Waals surface area contributed by atoms with Crippen LogP contribution in [0, 0.1) is 6.92 Å². The lowest BCUT2D eigenvalue weighted by Crippen LogP contribution is -2.43. The topological polar surface area (TPSA) is 69.6 Å². The molecule has 5 heteroatoms. The molecular weight excluding hydrogens is 388 g/mol. The predicted octanol–water partition coefficient (Wildman–Crippen LogP) is 5.66. The Labute approximate surface area is 182 Å². The fourth-order valence-electron chi connectivity index (χ4n) is 4.32. The standard InChI is InChI=1S/C26H26N2O3/c1-16-4-11-22(12-5-16)27-24-14-17(2)28(18(3)29)25-13-10-21(15-23(24)25)19-6-8-20(9-7-19)26(30)31/h4-13,15,17,24,27H,14H2,1-3H3,(H,30,31)/t17-,24+/m1/s1. The van der Waals surface area contributed by atoms with Crippen molar-refractivity contribution in [2.24, 2.45) is 0 Å². The average molecular weight is 415 g/mol. The number of carboxylic acid groups (broad SMARTS) is 1. The molecule has 0 radical (unpaired) electrons. The number of hydrogen-bond acceptors (Lipinski definition) is 3. The van der Waals surface area contributed by atoms with E-state index >= 15 is 0 Å². The zero-order valence-corrected chi connectivity index (χ0v) is 17.9. The van der Waals surface area contributed by atoms with E-state index in [9.17, 15) is 9.59 Å². The molecule has 1 amide bonds. The lowest BCUT2D eigenvalue weighted by atomic mass is 9.88. The summed E-state index contributed by atoms with van der Waals surface area (Å²) < 4.78 is 0. The smallest absolute Gasteiger partial charge is 0.335 e. The Morgan fingerprint density at radius 3 is 2.23 bits per heavy atom. The third-order valence-corrected chi connectivity index (χ3v) is 5.88. The van der Waals surface area contributed by atoms with Crippen LogP contribution in [0.3, 0.4) is 0 Å². The van der Waals surface area contributed by atoms with Crippen LogP contribution in [0.5, 0.6) is 0 Å². The molecule has 31 heavy (non-hydrogen) atoms. The first kappa shape index (κ1) is 20.7. The highest BCUT2D eigenvalue weighted by Gasteiger charge is 2.32. The molecule has 0 fully saturated rings. The van der Waals surface area contributed by atoms with Crippen molar-refractivity contribution in [3.63, 3.8) is 0 Å². The van der Waals surface area contributed by atoms with Gasteiger partial charge in [-0.15, -0.1) is 0 Å². The first-order chi connectivity index (χ1) is 14.8. The Hall–Kier alpha value is -3.60. The molecule has 0 aliphatic carbocycles. The molecule has 0 aromatic heterocycles. The number of carbonyl (C=O) groups excluding carboxylic acids is 1. The fraction of sp³-hybridized carbons (Fsp3) is 0.231. The number of hydrogen-bond donors (Lipinski definition) is 2. The zero-order chi connectivity index (χ0) is 22.1. The van der Waals surface area contributed by atoms with Crippen molar-refractivity contribution in [1.29, 1.82) is 0 Å². The van der Waals surface area contributed by atoms with Gasteiger partial charge in [-0.2, -0.15) is 0 Å². The molecule has 158 valence electrons. The van der Waals surface area contributed by atoms with Crippen molar-refractivity contribution in [1.82, 2.24) is 0 Å². The molecule has 0 saturated carbocycles. The molecule has 0 unspecified atom stereocenters. The molecule has 5 nitrogen and oxygen atoms in total. The summed E-state index contributed by atoms with van der Waals surface area (Å²) in [5.41, 5.74) is 6.42. The summed E-state index contributed by atoms with van der Waals surface area (Å²) >= 11 is 0. The maximum atomic E-state index is 12.4. The van der Waals surface area contributed by atoms with Crippen LogP contribution >= 0.6 is 0 Å². The van der Waals surface area contributed by atoms with Crippen LogP contribution in [-0.4, -0.2) is 23.0 Å². The van der Waals surface area contributed by atoms with E-state index in [0.29, 0.717) is 0 Å². The highest BCUT2D eigenvalue weighted by atomic mass is 16.4. The van der Waals surface area contributed by atoms with Crippen LogP contribution in [0.15, 0.2) is 66.7 Å². The van der Waals surface area contributed by atoms with Gasteiger partial charge in [0, 0.05) is 24.3 Å². The van der Waals surface area contributed by atoms with Gasteiger partial charge < -0.3 is 15.3 Å². The number of rotatable bonds is 4. The largest absolute Gasteiger partial charge is 0.478 e. The van der Waals surface area contributed by atoms with Crippen molar-refractivity contribution >= 4 is 23.3 Å². The van der Waals surface area contributed by atoms with Gasteiger partial charge in [0.2, 0.25) is 5.91 Å². The van der Waals surface area contributed by atoms with Crippen molar-refractivity contribution in [2.75, 3.05) is 10.2 Å². The first-order valence-electron chi connectivity index (χ1n) is 10.4. The van der Waals surface area contributed by atoms with E-state index in [0.717, 1.165) is 34.5 Å². The first-order valence-corrected chi connectivity index (χ1v) is 10.4. The monoisotopic (exact) mass is 414 g/mol. The van der Waals surface area contributed by atoms with E-state index in [4.69, 9.17) is 5.11 Å². The maximum absolute atomic E-state index is 12.4. The van der Waals surface area contributed by atoms with Crippen LogP contribution in [0.2, 0.25) is 0 Å². The lowest BCUT2D eigenvalue weighted by molar-refractivity contribution is -0.117. The summed E-state index contributed by atoms with van der Waals surface area (Å²) in [6.07, 6.45) is 0.794. The van der Waals surface area contributed by atoms with Gasteiger partial charge in [0.15, 0.2) is 0 Å². The van der Waals surface area contributed by atoms with Crippen LogP contribution in [0.1, 0.15) is 47.8 Å². The van der Waals surface area contributed by atoms with Crippen molar-refractivity contribution < 1.29 is 14.7 Å². The Balaban J connectivity index is 1.75. The van der Waals surface area contributed by atoms with Gasteiger partial charge in [-0.25, -0.2) is 4.79 Å². The van der Waals surface area contributed by atoms with Gasteiger partial charge in [-0.05, 0) is 73.4 Å². The van der Waals surface area contributed by atoms with Crippen LogP contribution in [-0.2, 0) is 4.79 Å². The van der Waals surface area contributed by atoms with Crippen LogP contribution < -0.4 is 10.2 Å². The van der Waals surface area contributed by atoms with Gasteiger partial charge in [-0.3, -0.25) is 4.79 Å². The SMILES string of the molecule is CC(=O)N1c2ccc(-c3ccc(C(=O)O)cc3)cc2[C@@H](Nc2ccc(C)cc2)C[C@H]1C. The number of benzene rings is 3. The number of aryl methyl sites for hydroxylation is 1. The number of aromatic carboxylic acids is 1. The third kappa shape index (κ3) is 4.17. The molecule has 1 heterocycles. The summed E-state index contributed by atoms with van der Waals surface area (Å²) in [6.45, 7) is 5.74. The van der Waals surface area contributed by atoms with E-state index in [2.05, 4.69) is 49.5 Å². The van der Waals surface area contributed by atoms with E-state index in [1.807, 2.05) is 29.2 Å². The van der Waals surface area contributed by atoms with Crippen LogP contribution in [0.4, 0.5) is 11.4 Å². The molecular formula is C26H26N2O3. The molecule has 0 spiro atoms. The summed E-state index contributed by atoms with van der Waals surface area (Å²) in [6, 6.07) is 21.4. The number of anilines is 2. The zero-order valence-electron chi connectivity index (χ0n) is 17.9. The van der Waals surface area contributed by atoms with Gasteiger partial charge >= 0.3 is 5.97 Å². The van der Waals surface area contributed by atoms with Gasteiger partial charge in [0.25, 0.3) is 0 Å². The van der Waals surface area contributed by atoms with E-state index < -0.39 is 5.97 Å². The number of amides is 1. The minimum absolute atomic E-state index is 0.0288. The maximum Gasteiger partial charge on any atom is 0.335 e. The van der Waals surface area contributed by atoms with E-state index in [-0.39, 0.29) is 23.6 Å². The summed E-state index contributed by atoms with van der Waals surface area (Å²) in [5, 5.41) is 12.8. The van der Waals surface area contributed by atoms with Crippen molar-refractivity contribution in [2.45, 2.75) is 39.3 Å². The van der Waals surface area contributed by atoms with E-state index in [1.165, 1.54) is 5.56 Å². The normalized spacial score (nSPS) is 17.7. The molecule has 3 aromatic carbocycles. The van der Waals surface area contributed by atoms with E-state index in [1.54, 1.807) is 19.1 Å². The Bertz CT molecular complexity index is 1120. The molecule has 3 aromatic rings. The molecule has 0 bridgehead atoms. The number of carbonyl (C=O) groups is 2. The van der Waals surface area contributed by atoms with Crippen LogP contribution in [0.25, 0.3) is 11.1 Å². The fourth-order valence-corrected chi connectivity index (χ4v) is 4.32. The molecule has 1 aliphatic rings. The van der Waals surface area contributed by atoms with Gasteiger partial charge in [0.05, 0.1) is 11.6 Å². The number of nitrogens with one attached hydrogen (secondary N) is 1. The lowest BCUT2D eigenvalue weighted by Gasteiger charge is -2.39. The Morgan fingerprint density at radius 2 is 1.61 bits per heavy atom. The second kappa shape index (κ2) is 8.26. The minimum atomic E-state index is -0.939. The second-order valence-corrected chi connectivity index (χ2v) is 8.19. The Kier molecular flexibility index (Phi) is 5.51. The average Bonchev–Trinajstić information content (AvgIpc) is 2.75. The summed E-state index contributed by atoms with van der Waals surface area (Å²) in [5.74, 6) is -0.911. The number of fused-ring (bicyclic) bond motifs is 1. The molecule has 1 aliphatic heterocycles. The van der Waals surface area contributed by atoms with Gasteiger partial charge in [0.1, 0.15) is 0 Å². The predicted molar refractivity (Wildman–Crippen MR) is 124 cm³/mol. The van der Waals surface area contributed by atoms with Gasteiger partial charge in [-0.1, -0.05) is 35.9 Å². The molecule has 2 N–H and O–H groups in total. The highest BCUT2D eigenvalue weighted by Crippen LogP contribution is 2.41. The molecule has 2 atom stereocenters. The number of carboxylic acids is 1. The number of nitrogens with zero attached hydrogens (tertiary/aromatic N) is 1.